The molecule has 0 fully saturated rings. The number of aromatic amines is 1. The Labute approximate surface area is 139 Å². The number of ether oxygens (including phenoxy) is 1. The lowest BCUT2D eigenvalue weighted by Gasteiger charge is -2.03. The van der Waals surface area contributed by atoms with E-state index in [-0.39, 0.29) is 11.0 Å². The van der Waals surface area contributed by atoms with Crippen molar-refractivity contribution in [3.63, 3.8) is 0 Å². The minimum absolute atomic E-state index is 0.00875. The number of nitrogens with one attached hydrogen (secondary N) is 2. The molecule has 0 saturated heterocycles. The molecule has 1 amide bonds. The molecule has 0 radical (unpaired) electrons. The van der Waals surface area contributed by atoms with Crippen molar-refractivity contribution in [3.05, 3.63) is 41.1 Å². The Bertz CT molecular complexity index is 902. The maximum absolute atomic E-state index is 11.8. The molecule has 0 aliphatic rings. The van der Waals surface area contributed by atoms with Crippen molar-refractivity contribution in [1.29, 1.82) is 0 Å². The quantitative estimate of drug-likeness (QED) is 0.616. The Morgan fingerprint density at radius 1 is 1.42 bits per heavy atom. The molecule has 10 nitrogen and oxygen atoms in total. The molecule has 2 aromatic heterocycles. The standard InChI is InChI=1S/C13H12N6O4S/c1-22-9-5-3-2-4-8(9)11-15-17-13(23-11)24-6-10(20)18-19-7-14-16-12(19)21/h2-5,7H,6H2,1H3,(H,16,21)(H,18,20). The Morgan fingerprint density at radius 2 is 2.25 bits per heavy atom. The van der Waals surface area contributed by atoms with E-state index in [9.17, 15) is 9.59 Å². The summed E-state index contributed by atoms with van der Waals surface area (Å²) in [4.78, 5) is 23.0. The van der Waals surface area contributed by atoms with Gasteiger partial charge in [0.25, 0.3) is 11.1 Å². The first-order valence-corrected chi connectivity index (χ1v) is 7.67. The fraction of sp³-hybridized carbons (Fsp3) is 0.154. The Morgan fingerprint density at radius 3 is 3.00 bits per heavy atom. The number of aromatic nitrogens is 5. The van der Waals surface area contributed by atoms with Crippen molar-refractivity contribution < 1.29 is 13.9 Å². The van der Waals surface area contributed by atoms with Crippen molar-refractivity contribution in [2.45, 2.75) is 5.22 Å². The van der Waals surface area contributed by atoms with Gasteiger partial charge in [0.1, 0.15) is 12.1 Å². The van der Waals surface area contributed by atoms with E-state index < -0.39 is 11.6 Å². The maximum Gasteiger partial charge on any atom is 0.362 e. The summed E-state index contributed by atoms with van der Waals surface area (Å²) in [6.07, 6.45) is 1.16. The molecular formula is C13H12N6O4S. The van der Waals surface area contributed by atoms with Crippen LogP contribution in [-0.4, -0.2) is 43.8 Å². The molecule has 3 aromatic rings. The summed E-state index contributed by atoms with van der Waals surface area (Å²) in [5.74, 6) is 0.474. The molecule has 1 aromatic carbocycles. The van der Waals surface area contributed by atoms with Crippen LogP contribution in [0.25, 0.3) is 11.5 Å². The molecule has 0 aliphatic carbocycles. The van der Waals surface area contributed by atoms with Crippen LogP contribution in [0.1, 0.15) is 0 Å². The number of H-pyrrole nitrogens is 1. The van der Waals surface area contributed by atoms with Crippen LogP contribution in [0.5, 0.6) is 5.75 Å². The van der Waals surface area contributed by atoms with Crippen molar-refractivity contribution in [2.24, 2.45) is 0 Å². The minimum Gasteiger partial charge on any atom is -0.496 e. The highest BCUT2D eigenvalue weighted by molar-refractivity contribution is 7.99. The number of carbonyl (C=O) groups is 1. The molecule has 24 heavy (non-hydrogen) atoms. The minimum atomic E-state index is -0.537. The van der Waals surface area contributed by atoms with Crippen molar-refractivity contribution in [2.75, 3.05) is 18.3 Å². The lowest BCUT2D eigenvalue weighted by atomic mass is 10.2. The van der Waals surface area contributed by atoms with Gasteiger partial charge in [-0.3, -0.25) is 10.2 Å². The number of amides is 1. The van der Waals surface area contributed by atoms with E-state index in [1.165, 1.54) is 0 Å². The summed E-state index contributed by atoms with van der Waals surface area (Å²) in [5, 5.41) is 13.7. The first-order valence-electron chi connectivity index (χ1n) is 6.69. The number of hydrogen-bond acceptors (Lipinski definition) is 8. The predicted octanol–water partition coefficient (Wildman–Crippen LogP) is 0.492. The second kappa shape index (κ2) is 7.00. The van der Waals surface area contributed by atoms with E-state index in [1.54, 1.807) is 19.2 Å². The highest BCUT2D eigenvalue weighted by Crippen LogP contribution is 2.30. The molecule has 0 unspecified atom stereocenters. The van der Waals surface area contributed by atoms with E-state index in [0.717, 1.165) is 22.8 Å². The van der Waals surface area contributed by atoms with Crippen LogP contribution in [0, 0.1) is 0 Å². The van der Waals surface area contributed by atoms with Gasteiger partial charge in [0.15, 0.2) is 0 Å². The van der Waals surface area contributed by atoms with Gasteiger partial charge in [-0.05, 0) is 12.1 Å². The summed E-state index contributed by atoms with van der Waals surface area (Å²) < 4.78 is 11.7. The average molecular weight is 348 g/mol. The number of rotatable bonds is 6. The summed E-state index contributed by atoms with van der Waals surface area (Å²) in [5.41, 5.74) is 2.48. The molecule has 11 heteroatoms. The van der Waals surface area contributed by atoms with Crippen molar-refractivity contribution >= 4 is 17.7 Å². The molecule has 124 valence electrons. The monoisotopic (exact) mass is 348 g/mol. The van der Waals surface area contributed by atoms with Crippen LogP contribution in [0.2, 0.25) is 0 Å². The third kappa shape index (κ3) is 3.46. The molecular weight excluding hydrogens is 336 g/mol. The molecule has 0 spiro atoms. The van der Waals surface area contributed by atoms with Crippen LogP contribution >= 0.6 is 11.8 Å². The second-order valence-corrected chi connectivity index (χ2v) is 5.36. The third-order valence-corrected chi connectivity index (χ3v) is 3.69. The molecule has 2 heterocycles. The topological polar surface area (TPSA) is 128 Å². The van der Waals surface area contributed by atoms with Crippen LogP contribution in [-0.2, 0) is 4.79 Å². The zero-order valence-corrected chi connectivity index (χ0v) is 13.2. The third-order valence-electron chi connectivity index (χ3n) is 2.87. The number of benzene rings is 1. The number of methoxy groups -OCH3 is 1. The smallest absolute Gasteiger partial charge is 0.362 e. The lowest BCUT2D eigenvalue weighted by Crippen LogP contribution is -2.31. The first-order chi connectivity index (χ1) is 11.7. The van der Waals surface area contributed by atoms with Gasteiger partial charge in [0.05, 0.1) is 18.4 Å². The fourth-order valence-electron chi connectivity index (χ4n) is 1.82. The number of para-hydroxylation sites is 1. The SMILES string of the molecule is COc1ccccc1-c1nnc(SCC(=O)Nn2cn[nH]c2=O)o1. The van der Waals surface area contributed by atoms with Gasteiger partial charge in [-0.2, -0.15) is 9.77 Å². The van der Waals surface area contributed by atoms with E-state index in [4.69, 9.17) is 9.15 Å². The van der Waals surface area contributed by atoms with Gasteiger partial charge >= 0.3 is 5.69 Å². The van der Waals surface area contributed by atoms with E-state index in [2.05, 4.69) is 25.8 Å². The lowest BCUT2D eigenvalue weighted by molar-refractivity contribution is -0.114. The number of nitrogens with zero attached hydrogens (tertiary/aromatic N) is 4. The van der Waals surface area contributed by atoms with Crippen LogP contribution in [0.3, 0.4) is 0 Å². The number of thioether (sulfide) groups is 1. The summed E-state index contributed by atoms with van der Waals surface area (Å²) >= 11 is 1.05. The predicted molar refractivity (Wildman–Crippen MR) is 84.2 cm³/mol. The van der Waals surface area contributed by atoms with E-state index >= 15 is 0 Å². The zero-order valence-electron chi connectivity index (χ0n) is 12.4. The van der Waals surface area contributed by atoms with Crippen LogP contribution in [0.15, 0.2) is 45.0 Å². The van der Waals surface area contributed by atoms with Crippen molar-refractivity contribution in [3.8, 4) is 17.2 Å². The van der Waals surface area contributed by atoms with Gasteiger partial charge < -0.3 is 9.15 Å². The molecule has 0 bridgehead atoms. The number of hydrogen-bond donors (Lipinski definition) is 2. The normalized spacial score (nSPS) is 10.5. The molecule has 0 saturated carbocycles. The number of carbonyl (C=O) groups excluding carboxylic acids is 1. The second-order valence-electron chi connectivity index (χ2n) is 4.43. The van der Waals surface area contributed by atoms with Gasteiger partial charge in [0.2, 0.25) is 5.91 Å². The highest BCUT2D eigenvalue weighted by Gasteiger charge is 2.14. The Balaban J connectivity index is 1.63. The zero-order chi connectivity index (χ0) is 16.9. The largest absolute Gasteiger partial charge is 0.496 e. The Kier molecular flexibility index (Phi) is 4.61. The Hall–Kier alpha value is -3.08. The highest BCUT2D eigenvalue weighted by atomic mass is 32.2. The summed E-state index contributed by atoms with van der Waals surface area (Å²) in [7, 11) is 1.55. The van der Waals surface area contributed by atoms with Gasteiger partial charge in [-0.25, -0.2) is 9.89 Å². The van der Waals surface area contributed by atoms with Crippen molar-refractivity contribution in [1.82, 2.24) is 25.1 Å². The van der Waals surface area contributed by atoms with E-state index in [1.807, 2.05) is 12.1 Å². The maximum atomic E-state index is 11.8. The summed E-state index contributed by atoms with van der Waals surface area (Å²) in [6.45, 7) is 0. The fourth-order valence-corrected chi connectivity index (χ4v) is 2.38. The van der Waals surface area contributed by atoms with E-state index in [0.29, 0.717) is 17.2 Å². The summed E-state index contributed by atoms with van der Waals surface area (Å²) in [6, 6.07) is 7.22. The molecule has 0 aliphatic heterocycles. The average Bonchev–Trinajstić information content (AvgIpc) is 3.22. The molecule has 2 N–H and O–H groups in total. The van der Waals surface area contributed by atoms with Gasteiger partial charge in [-0.15, -0.1) is 10.2 Å². The molecule has 3 rings (SSSR count). The van der Waals surface area contributed by atoms with Crippen LogP contribution in [0.4, 0.5) is 0 Å². The molecule has 0 atom stereocenters. The van der Waals surface area contributed by atoms with Gasteiger partial charge in [-0.1, -0.05) is 23.9 Å². The van der Waals surface area contributed by atoms with Crippen LogP contribution < -0.4 is 15.9 Å². The van der Waals surface area contributed by atoms with Gasteiger partial charge in [0, 0.05) is 0 Å². The first kappa shape index (κ1) is 15.8.